The molecule has 0 saturated heterocycles. The van der Waals surface area contributed by atoms with E-state index in [9.17, 15) is 14.7 Å². The molecule has 0 radical (unpaired) electrons. The van der Waals surface area contributed by atoms with E-state index in [-0.39, 0.29) is 5.56 Å². The molecule has 0 fully saturated rings. The van der Waals surface area contributed by atoms with Crippen LogP contribution in [-0.2, 0) is 17.8 Å². The molecule has 3 aromatic rings. The monoisotopic (exact) mass is 354 g/mol. The van der Waals surface area contributed by atoms with Crippen LogP contribution in [0.5, 0.6) is 0 Å². The number of aryl methyl sites for hydroxylation is 1. The Hall–Kier alpha value is -2.47. The first-order valence-corrected chi connectivity index (χ1v) is 9.27. The molecule has 2 heterocycles. The van der Waals surface area contributed by atoms with Crippen LogP contribution in [0.2, 0.25) is 0 Å². The van der Waals surface area contributed by atoms with Gasteiger partial charge in [0, 0.05) is 17.0 Å². The summed E-state index contributed by atoms with van der Waals surface area (Å²) in [5, 5.41) is 10.0. The summed E-state index contributed by atoms with van der Waals surface area (Å²) in [6.07, 6.45) is 2.09. The highest BCUT2D eigenvalue weighted by Gasteiger charge is 2.34. The maximum absolute atomic E-state index is 13.2. The van der Waals surface area contributed by atoms with Gasteiger partial charge in [0.25, 0.3) is 5.56 Å². The topological polar surface area (TPSA) is 72.2 Å². The van der Waals surface area contributed by atoms with Crippen molar-refractivity contribution in [2.75, 3.05) is 0 Å². The largest absolute Gasteiger partial charge is 0.481 e. The van der Waals surface area contributed by atoms with E-state index in [1.165, 1.54) is 11.3 Å². The highest BCUT2D eigenvalue weighted by atomic mass is 32.1. The Morgan fingerprint density at radius 3 is 2.80 bits per heavy atom. The van der Waals surface area contributed by atoms with Crippen molar-refractivity contribution >= 4 is 27.5 Å². The third-order valence-electron chi connectivity index (χ3n) is 4.71. The third-order valence-corrected chi connectivity index (χ3v) is 5.87. The van der Waals surface area contributed by atoms with Crippen molar-refractivity contribution in [3.8, 4) is 11.4 Å². The van der Waals surface area contributed by atoms with Crippen molar-refractivity contribution in [3.05, 3.63) is 51.1 Å². The van der Waals surface area contributed by atoms with E-state index in [1.54, 1.807) is 4.57 Å². The normalized spacial score (nSPS) is 16.3. The molecule has 0 amide bonds. The first-order chi connectivity index (χ1) is 12.1. The molecule has 0 aliphatic heterocycles. The van der Waals surface area contributed by atoms with E-state index in [0.29, 0.717) is 41.0 Å². The number of aliphatic carboxylic acids is 1. The molecule has 1 aliphatic carbocycles. The van der Waals surface area contributed by atoms with Gasteiger partial charge in [0.05, 0.1) is 11.3 Å². The molecule has 6 heteroatoms. The number of carbonyl (C=O) groups is 1. The van der Waals surface area contributed by atoms with Gasteiger partial charge in [-0.25, -0.2) is 4.98 Å². The fraction of sp³-hybridized carbons (Fsp3) is 0.316. The number of rotatable bonds is 4. The fourth-order valence-electron chi connectivity index (χ4n) is 3.61. The number of hydrogen-bond acceptors (Lipinski definition) is 4. The van der Waals surface area contributed by atoms with Gasteiger partial charge < -0.3 is 5.11 Å². The number of hydrogen-bond donors (Lipinski definition) is 1. The molecular weight excluding hydrogens is 336 g/mol. The smallest absolute Gasteiger partial charge is 0.311 e. The molecule has 1 aliphatic rings. The molecule has 0 spiro atoms. The summed E-state index contributed by atoms with van der Waals surface area (Å²) in [5.41, 5.74) is 1.49. The van der Waals surface area contributed by atoms with Crippen molar-refractivity contribution in [1.82, 2.24) is 9.55 Å². The lowest BCUT2D eigenvalue weighted by molar-refractivity contribution is -0.138. The third kappa shape index (κ3) is 2.48. The molecule has 128 valence electrons. The van der Waals surface area contributed by atoms with Crippen LogP contribution in [0.15, 0.2) is 35.1 Å². The van der Waals surface area contributed by atoms with Gasteiger partial charge in [-0.05, 0) is 24.8 Å². The Morgan fingerprint density at radius 1 is 1.36 bits per heavy atom. The quantitative estimate of drug-likeness (QED) is 0.776. The molecule has 1 unspecified atom stereocenters. The van der Waals surface area contributed by atoms with Gasteiger partial charge in [-0.15, -0.1) is 11.3 Å². The van der Waals surface area contributed by atoms with Crippen molar-refractivity contribution in [1.29, 1.82) is 0 Å². The summed E-state index contributed by atoms with van der Waals surface area (Å²) < 4.78 is 1.70. The Morgan fingerprint density at radius 2 is 2.12 bits per heavy atom. The van der Waals surface area contributed by atoms with Gasteiger partial charge in [-0.1, -0.05) is 37.3 Å². The average Bonchev–Trinajstić information content (AvgIpc) is 3.16. The van der Waals surface area contributed by atoms with Crippen LogP contribution in [0.1, 0.15) is 36.1 Å². The van der Waals surface area contributed by atoms with Crippen LogP contribution >= 0.6 is 11.3 Å². The lowest BCUT2D eigenvalue weighted by Crippen LogP contribution is -2.24. The van der Waals surface area contributed by atoms with Crippen molar-refractivity contribution < 1.29 is 9.90 Å². The molecule has 2 aromatic heterocycles. The van der Waals surface area contributed by atoms with E-state index in [2.05, 4.69) is 0 Å². The highest BCUT2D eigenvalue weighted by molar-refractivity contribution is 7.18. The second kappa shape index (κ2) is 6.11. The molecule has 0 bridgehead atoms. The second-order valence-electron chi connectivity index (χ2n) is 6.31. The summed E-state index contributed by atoms with van der Waals surface area (Å²) in [5.74, 6) is -0.783. The number of benzene rings is 1. The first-order valence-electron chi connectivity index (χ1n) is 8.46. The SMILES string of the molecule is CCCn1c(-c2ccccc2)nc2sc3c(c2c1=O)C(C(=O)O)CC3. The minimum Gasteiger partial charge on any atom is -0.481 e. The highest BCUT2D eigenvalue weighted by Crippen LogP contribution is 2.42. The van der Waals surface area contributed by atoms with Gasteiger partial charge >= 0.3 is 5.97 Å². The zero-order chi connectivity index (χ0) is 17.6. The fourth-order valence-corrected chi connectivity index (χ4v) is 4.85. The van der Waals surface area contributed by atoms with E-state index >= 15 is 0 Å². The van der Waals surface area contributed by atoms with E-state index in [4.69, 9.17) is 4.98 Å². The average molecular weight is 354 g/mol. The molecule has 5 nitrogen and oxygen atoms in total. The Kier molecular flexibility index (Phi) is 3.92. The number of carboxylic acid groups (broad SMARTS) is 1. The minimum absolute atomic E-state index is 0.114. The summed E-state index contributed by atoms with van der Waals surface area (Å²) >= 11 is 1.47. The predicted octanol–water partition coefficient (Wildman–Crippen LogP) is 3.65. The molecule has 25 heavy (non-hydrogen) atoms. The van der Waals surface area contributed by atoms with Crippen LogP contribution in [0.3, 0.4) is 0 Å². The van der Waals surface area contributed by atoms with Crippen molar-refractivity contribution in [2.24, 2.45) is 0 Å². The van der Waals surface area contributed by atoms with Crippen molar-refractivity contribution in [2.45, 2.75) is 38.6 Å². The summed E-state index contributed by atoms with van der Waals surface area (Å²) in [6, 6.07) is 9.68. The van der Waals surface area contributed by atoms with Gasteiger partial charge in [0.15, 0.2) is 0 Å². The van der Waals surface area contributed by atoms with E-state index < -0.39 is 11.9 Å². The van der Waals surface area contributed by atoms with Crippen LogP contribution in [0.4, 0.5) is 0 Å². The molecule has 1 aromatic carbocycles. The molecule has 1 N–H and O–H groups in total. The van der Waals surface area contributed by atoms with Gasteiger partial charge in [0.2, 0.25) is 0 Å². The standard InChI is InChI=1S/C19H18N2O3S/c1-2-10-21-16(11-6-4-3-5-7-11)20-17-15(18(21)22)14-12(19(23)24)8-9-13(14)25-17/h3-7,12H,2,8-10H2,1H3,(H,23,24). The lowest BCUT2D eigenvalue weighted by atomic mass is 10.0. The number of nitrogens with zero attached hydrogens (tertiary/aromatic N) is 2. The lowest BCUT2D eigenvalue weighted by Gasteiger charge is -2.13. The number of carboxylic acids is 1. The minimum atomic E-state index is -0.855. The Labute approximate surface area is 148 Å². The Bertz CT molecular complexity index is 1020. The predicted molar refractivity (Wildman–Crippen MR) is 98.3 cm³/mol. The number of fused-ring (bicyclic) bond motifs is 3. The summed E-state index contributed by atoms with van der Waals surface area (Å²) in [4.78, 5) is 31.3. The molecule has 0 saturated carbocycles. The number of thiophene rings is 1. The van der Waals surface area contributed by atoms with Crippen LogP contribution < -0.4 is 5.56 Å². The van der Waals surface area contributed by atoms with E-state index in [1.807, 2.05) is 37.3 Å². The van der Waals surface area contributed by atoms with Crippen LogP contribution in [0.25, 0.3) is 21.6 Å². The maximum atomic E-state index is 13.2. The van der Waals surface area contributed by atoms with Gasteiger partial charge in [-0.3, -0.25) is 14.2 Å². The Balaban J connectivity index is 2.03. The number of aromatic nitrogens is 2. The summed E-state index contributed by atoms with van der Waals surface area (Å²) in [6.45, 7) is 2.58. The molecular formula is C19H18N2O3S. The van der Waals surface area contributed by atoms with E-state index in [0.717, 1.165) is 16.9 Å². The molecule has 4 rings (SSSR count). The second-order valence-corrected chi connectivity index (χ2v) is 7.39. The zero-order valence-corrected chi connectivity index (χ0v) is 14.7. The summed E-state index contributed by atoms with van der Waals surface area (Å²) in [7, 11) is 0. The van der Waals surface area contributed by atoms with Gasteiger partial charge in [0.1, 0.15) is 10.7 Å². The first kappa shape index (κ1) is 16.0. The van der Waals surface area contributed by atoms with Gasteiger partial charge in [-0.2, -0.15) is 0 Å². The molecule has 1 atom stereocenters. The van der Waals surface area contributed by atoms with Crippen LogP contribution in [0, 0.1) is 0 Å². The van der Waals surface area contributed by atoms with Crippen LogP contribution in [-0.4, -0.2) is 20.6 Å². The zero-order valence-electron chi connectivity index (χ0n) is 13.9. The van der Waals surface area contributed by atoms with Crippen molar-refractivity contribution in [3.63, 3.8) is 0 Å². The maximum Gasteiger partial charge on any atom is 0.311 e.